The summed E-state index contributed by atoms with van der Waals surface area (Å²) in [5, 5.41) is 14.1. The van der Waals surface area contributed by atoms with E-state index in [0.717, 1.165) is 0 Å². The van der Waals surface area contributed by atoms with Gasteiger partial charge in [0.25, 0.3) is 5.69 Å². The summed E-state index contributed by atoms with van der Waals surface area (Å²) in [4.78, 5) is 23.7. The summed E-state index contributed by atoms with van der Waals surface area (Å²) in [7, 11) is 3.32. The molecule has 0 radical (unpaired) electrons. The number of likely N-dealkylation sites (N-methyl/N-ethyl adjacent to an activating group) is 1. The number of nitro groups is 1. The van der Waals surface area contributed by atoms with E-state index in [-0.39, 0.29) is 34.8 Å². The first-order chi connectivity index (χ1) is 12.2. The average Bonchev–Trinajstić information content (AvgIpc) is 2.56. The Morgan fingerprint density at radius 3 is 2.35 bits per heavy atom. The van der Waals surface area contributed by atoms with Crippen LogP contribution in [0.5, 0.6) is 0 Å². The molecule has 2 aromatic carbocycles. The van der Waals surface area contributed by atoms with Crippen molar-refractivity contribution < 1.29 is 18.5 Å². The molecule has 0 fully saturated rings. The lowest BCUT2D eigenvalue weighted by molar-refractivity contribution is -0.384. The Balaban J connectivity index is 2.33. The van der Waals surface area contributed by atoms with Gasteiger partial charge in [0.05, 0.1) is 11.0 Å². The van der Waals surface area contributed by atoms with E-state index in [1.54, 1.807) is 19.0 Å². The van der Waals surface area contributed by atoms with E-state index in [2.05, 4.69) is 5.32 Å². The monoisotopic (exact) mass is 363 g/mol. The number of benzene rings is 2. The van der Waals surface area contributed by atoms with E-state index in [4.69, 9.17) is 0 Å². The molecule has 0 aliphatic carbocycles. The topological polar surface area (TPSA) is 75.5 Å². The molecule has 6 nitrogen and oxygen atoms in total. The van der Waals surface area contributed by atoms with E-state index in [1.807, 2.05) is 0 Å². The van der Waals surface area contributed by atoms with E-state index in [9.17, 15) is 23.7 Å². The van der Waals surface area contributed by atoms with Crippen molar-refractivity contribution in [1.82, 2.24) is 4.90 Å². The first-order valence-electron chi connectivity index (χ1n) is 7.86. The number of nitrogens with zero attached hydrogens (tertiary/aromatic N) is 2. The van der Waals surface area contributed by atoms with Gasteiger partial charge in [-0.05, 0) is 45.3 Å². The Hall–Kier alpha value is -2.87. The highest BCUT2D eigenvalue weighted by Gasteiger charge is 2.23. The van der Waals surface area contributed by atoms with Gasteiger partial charge in [-0.3, -0.25) is 14.9 Å². The molecule has 1 unspecified atom stereocenters. The maximum absolute atomic E-state index is 14.1. The Bertz CT molecular complexity index is 820. The Labute approximate surface area is 149 Å². The van der Waals surface area contributed by atoms with Gasteiger partial charge < -0.3 is 10.2 Å². The summed E-state index contributed by atoms with van der Waals surface area (Å²) in [6.07, 6.45) is 0. The molecule has 2 aromatic rings. The summed E-state index contributed by atoms with van der Waals surface area (Å²) in [5.41, 5.74) is -0.00706. The van der Waals surface area contributed by atoms with Crippen LogP contribution >= 0.6 is 0 Å². The molecule has 0 heterocycles. The molecule has 26 heavy (non-hydrogen) atoms. The number of nitrogens with one attached hydrogen (secondary N) is 1. The molecule has 0 bridgehead atoms. The molecule has 0 spiro atoms. The van der Waals surface area contributed by atoms with Gasteiger partial charge in [-0.1, -0.05) is 6.07 Å². The molecule has 1 N–H and O–H groups in total. The minimum absolute atomic E-state index is 0.0328. The lowest BCUT2D eigenvalue weighted by atomic mass is 10.0. The van der Waals surface area contributed by atoms with Crippen LogP contribution in [-0.4, -0.2) is 36.2 Å². The second kappa shape index (κ2) is 8.01. The van der Waals surface area contributed by atoms with Crippen LogP contribution in [-0.2, 0) is 0 Å². The number of hydrogen-bond acceptors (Lipinski definition) is 5. The van der Waals surface area contributed by atoms with Crippen molar-refractivity contribution in [3.05, 3.63) is 69.3 Å². The highest BCUT2D eigenvalue weighted by molar-refractivity contribution is 5.95. The zero-order valence-corrected chi connectivity index (χ0v) is 14.6. The van der Waals surface area contributed by atoms with Crippen LogP contribution in [0.4, 0.5) is 20.2 Å². The van der Waals surface area contributed by atoms with Gasteiger partial charge in [0.1, 0.15) is 17.3 Å². The summed E-state index contributed by atoms with van der Waals surface area (Å²) in [5.74, 6) is -1.67. The summed E-state index contributed by atoms with van der Waals surface area (Å²) < 4.78 is 28.2. The SMILES string of the molecule is CC(=O)c1ccc(NCC(c2c(F)cccc2F)N(C)C)c([N+](=O)[O-])c1. The highest BCUT2D eigenvalue weighted by atomic mass is 19.1. The van der Waals surface area contributed by atoms with Crippen molar-refractivity contribution in [2.24, 2.45) is 0 Å². The van der Waals surface area contributed by atoms with E-state index >= 15 is 0 Å². The molecule has 0 amide bonds. The zero-order chi connectivity index (χ0) is 19.4. The number of anilines is 1. The predicted octanol–water partition coefficient (Wildman–Crippen LogP) is 3.79. The van der Waals surface area contributed by atoms with Crippen LogP contribution in [0.15, 0.2) is 36.4 Å². The van der Waals surface area contributed by atoms with Crippen LogP contribution in [0.25, 0.3) is 0 Å². The Morgan fingerprint density at radius 1 is 1.23 bits per heavy atom. The van der Waals surface area contributed by atoms with Crippen molar-refractivity contribution >= 4 is 17.2 Å². The van der Waals surface area contributed by atoms with Gasteiger partial charge >= 0.3 is 0 Å². The molecular weight excluding hydrogens is 344 g/mol. The lowest BCUT2D eigenvalue weighted by Crippen LogP contribution is -2.28. The Kier molecular flexibility index (Phi) is 5.99. The van der Waals surface area contributed by atoms with Crippen molar-refractivity contribution in [3.8, 4) is 0 Å². The third kappa shape index (κ3) is 4.20. The molecule has 8 heteroatoms. The van der Waals surface area contributed by atoms with Gasteiger partial charge in [0.2, 0.25) is 0 Å². The maximum Gasteiger partial charge on any atom is 0.293 e. The molecule has 2 rings (SSSR count). The van der Waals surface area contributed by atoms with Crippen molar-refractivity contribution in [2.45, 2.75) is 13.0 Å². The minimum Gasteiger partial charge on any atom is -0.378 e. The maximum atomic E-state index is 14.1. The molecule has 138 valence electrons. The molecule has 0 saturated carbocycles. The number of hydrogen-bond donors (Lipinski definition) is 1. The molecule has 0 aliphatic heterocycles. The van der Waals surface area contributed by atoms with E-state index in [1.165, 1.54) is 43.3 Å². The van der Waals surface area contributed by atoms with E-state index < -0.39 is 22.6 Å². The molecule has 0 saturated heterocycles. The first kappa shape index (κ1) is 19.5. The van der Waals surface area contributed by atoms with Crippen molar-refractivity contribution in [1.29, 1.82) is 0 Å². The Morgan fingerprint density at radius 2 is 1.85 bits per heavy atom. The summed E-state index contributed by atoms with van der Waals surface area (Å²) in [6.45, 7) is 1.35. The predicted molar refractivity (Wildman–Crippen MR) is 94.4 cm³/mol. The first-order valence-corrected chi connectivity index (χ1v) is 7.86. The van der Waals surface area contributed by atoms with Crippen LogP contribution in [0, 0.1) is 21.7 Å². The average molecular weight is 363 g/mol. The van der Waals surface area contributed by atoms with Crippen LogP contribution in [0.1, 0.15) is 28.9 Å². The largest absolute Gasteiger partial charge is 0.378 e. The van der Waals surface area contributed by atoms with Gasteiger partial charge in [0, 0.05) is 23.7 Å². The van der Waals surface area contributed by atoms with Crippen LogP contribution in [0.3, 0.4) is 0 Å². The number of carbonyl (C=O) groups excluding carboxylic acids is 1. The second-order valence-electron chi connectivity index (χ2n) is 6.04. The number of Topliss-reactive ketones (excluding diaryl/α,β-unsaturated/α-hetero) is 1. The smallest absolute Gasteiger partial charge is 0.293 e. The van der Waals surface area contributed by atoms with Gasteiger partial charge in [-0.2, -0.15) is 0 Å². The normalized spacial score (nSPS) is 12.1. The fourth-order valence-electron chi connectivity index (χ4n) is 2.63. The lowest BCUT2D eigenvalue weighted by Gasteiger charge is -2.26. The number of carbonyl (C=O) groups is 1. The third-order valence-corrected chi connectivity index (χ3v) is 4.04. The zero-order valence-electron chi connectivity index (χ0n) is 14.6. The molecule has 1 atom stereocenters. The number of nitro benzene ring substituents is 1. The third-order valence-electron chi connectivity index (χ3n) is 4.04. The minimum atomic E-state index is -0.691. The fourth-order valence-corrected chi connectivity index (χ4v) is 2.63. The highest BCUT2D eigenvalue weighted by Crippen LogP contribution is 2.29. The summed E-state index contributed by atoms with van der Waals surface area (Å²) >= 11 is 0. The van der Waals surface area contributed by atoms with Gasteiger partial charge in [0.15, 0.2) is 5.78 Å². The van der Waals surface area contributed by atoms with Crippen LogP contribution in [0.2, 0.25) is 0 Å². The van der Waals surface area contributed by atoms with Gasteiger partial charge in [-0.25, -0.2) is 8.78 Å². The van der Waals surface area contributed by atoms with Crippen LogP contribution < -0.4 is 5.32 Å². The molecule has 0 aliphatic rings. The number of ketones is 1. The quantitative estimate of drug-likeness (QED) is 0.460. The number of halogens is 2. The number of rotatable bonds is 7. The molecular formula is C18H19F2N3O3. The summed E-state index contributed by atoms with van der Waals surface area (Å²) in [6, 6.07) is 6.98. The van der Waals surface area contributed by atoms with Crippen molar-refractivity contribution in [3.63, 3.8) is 0 Å². The standard InChI is InChI=1S/C18H19F2N3O3/c1-11(24)12-7-8-15(16(9-12)23(25)26)21-10-17(22(2)3)18-13(19)5-4-6-14(18)20/h4-9,17,21H,10H2,1-3H3. The van der Waals surface area contributed by atoms with Gasteiger partial charge in [-0.15, -0.1) is 0 Å². The fraction of sp³-hybridized carbons (Fsp3) is 0.278. The van der Waals surface area contributed by atoms with E-state index in [0.29, 0.717) is 0 Å². The second-order valence-corrected chi connectivity index (χ2v) is 6.04. The van der Waals surface area contributed by atoms with Crippen molar-refractivity contribution in [2.75, 3.05) is 26.0 Å². The molecule has 0 aromatic heterocycles.